The lowest BCUT2D eigenvalue weighted by Crippen LogP contribution is -2.29. The van der Waals surface area contributed by atoms with Crippen LogP contribution in [0.3, 0.4) is 0 Å². The number of benzene rings is 2. The fourth-order valence-corrected chi connectivity index (χ4v) is 2.10. The zero-order valence-electron chi connectivity index (χ0n) is 14.7. The van der Waals surface area contributed by atoms with Crippen molar-refractivity contribution in [3.8, 4) is 23.3 Å². The maximum atomic E-state index is 11.8. The second kappa shape index (κ2) is 9.74. The van der Waals surface area contributed by atoms with Crippen molar-refractivity contribution in [1.82, 2.24) is 10.6 Å². The minimum absolute atomic E-state index is 0.121. The molecule has 0 aliphatic carbocycles. The molecule has 2 aromatic carbocycles. The van der Waals surface area contributed by atoms with E-state index in [0.29, 0.717) is 22.6 Å². The number of amides is 2. The second-order valence-electron chi connectivity index (χ2n) is 5.17. The van der Waals surface area contributed by atoms with Crippen LogP contribution in [-0.2, 0) is 4.79 Å². The molecule has 2 N–H and O–H groups in total. The van der Waals surface area contributed by atoms with Gasteiger partial charge in [-0.05, 0) is 24.3 Å². The Labute approximate surface area is 152 Å². The number of methoxy groups -OCH3 is 1. The summed E-state index contributed by atoms with van der Waals surface area (Å²) < 4.78 is 10.5. The van der Waals surface area contributed by atoms with Crippen molar-refractivity contribution in [2.45, 2.75) is 0 Å². The number of rotatable bonds is 6. The summed E-state index contributed by atoms with van der Waals surface area (Å²) in [5, 5.41) is 5.21. The van der Waals surface area contributed by atoms with Crippen molar-refractivity contribution in [2.24, 2.45) is 0 Å². The Morgan fingerprint density at radius 3 is 2.62 bits per heavy atom. The van der Waals surface area contributed by atoms with E-state index in [1.165, 1.54) is 0 Å². The van der Waals surface area contributed by atoms with Crippen molar-refractivity contribution in [3.05, 3.63) is 59.7 Å². The molecule has 0 saturated heterocycles. The average Bonchev–Trinajstić information content (AvgIpc) is 2.69. The number of carbonyl (C=O) groups excluding carboxylic acids is 2. The van der Waals surface area contributed by atoms with E-state index in [4.69, 9.17) is 9.47 Å². The smallest absolute Gasteiger partial charge is 0.258 e. The van der Waals surface area contributed by atoms with Crippen LogP contribution in [0.5, 0.6) is 11.5 Å². The van der Waals surface area contributed by atoms with Gasteiger partial charge in [0.15, 0.2) is 6.61 Å². The van der Waals surface area contributed by atoms with Crippen molar-refractivity contribution < 1.29 is 19.1 Å². The number of carbonyl (C=O) groups is 2. The third-order valence-electron chi connectivity index (χ3n) is 3.41. The Morgan fingerprint density at radius 2 is 1.85 bits per heavy atom. The van der Waals surface area contributed by atoms with Crippen LogP contribution >= 0.6 is 0 Å². The third-order valence-corrected chi connectivity index (χ3v) is 3.41. The molecule has 0 heterocycles. The van der Waals surface area contributed by atoms with Gasteiger partial charge in [0.1, 0.15) is 11.5 Å². The Bertz CT molecular complexity index is 837. The fraction of sp³-hybridized carbons (Fsp3) is 0.200. The van der Waals surface area contributed by atoms with Gasteiger partial charge in [0.2, 0.25) is 0 Å². The first-order valence-corrected chi connectivity index (χ1v) is 7.97. The maximum Gasteiger partial charge on any atom is 0.258 e. The van der Waals surface area contributed by atoms with Gasteiger partial charge in [-0.15, -0.1) is 0 Å². The minimum atomic E-state index is -0.290. The predicted molar refractivity (Wildman–Crippen MR) is 98.2 cm³/mol. The van der Waals surface area contributed by atoms with Crippen LogP contribution < -0.4 is 20.1 Å². The van der Waals surface area contributed by atoms with Crippen molar-refractivity contribution in [3.63, 3.8) is 0 Å². The molecule has 0 radical (unpaired) electrons. The summed E-state index contributed by atoms with van der Waals surface area (Å²) in [4.78, 5) is 23.6. The van der Waals surface area contributed by atoms with E-state index in [1.807, 2.05) is 0 Å². The van der Waals surface area contributed by atoms with Crippen molar-refractivity contribution in [2.75, 3.05) is 27.3 Å². The Morgan fingerprint density at radius 1 is 1.08 bits per heavy atom. The summed E-state index contributed by atoms with van der Waals surface area (Å²) in [6.45, 7) is 0.0338. The predicted octanol–water partition coefficient (Wildman–Crippen LogP) is 1.60. The molecule has 0 atom stereocenters. The summed E-state index contributed by atoms with van der Waals surface area (Å²) in [6, 6.07) is 14.0. The fourth-order valence-electron chi connectivity index (χ4n) is 2.10. The average molecular weight is 352 g/mol. The number of hydrogen-bond acceptors (Lipinski definition) is 4. The van der Waals surface area contributed by atoms with Crippen molar-refractivity contribution in [1.29, 1.82) is 0 Å². The first-order chi connectivity index (χ1) is 12.6. The first-order valence-electron chi connectivity index (χ1n) is 7.97. The first kappa shape index (κ1) is 18.9. The van der Waals surface area contributed by atoms with E-state index in [2.05, 4.69) is 22.5 Å². The molecule has 26 heavy (non-hydrogen) atoms. The number of hydrogen-bond donors (Lipinski definition) is 2. The van der Waals surface area contributed by atoms with Crippen LogP contribution in [0.4, 0.5) is 0 Å². The summed E-state index contributed by atoms with van der Waals surface area (Å²) >= 11 is 0. The summed E-state index contributed by atoms with van der Waals surface area (Å²) in [5.74, 6) is 6.43. The highest BCUT2D eigenvalue weighted by molar-refractivity contribution is 5.96. The van der Waals surface area contributed by atoms with Gasteiger partial charge < -0.3 is 20.1 Å². The zero-order valence-corrected chi connectivity index (χ0v) is 14.7. The van der Waals surface area contributed by atoms with E-state index >= 15 is 0 Å². The molecule has 0 saturated carbocycles. The molecular weight excluding hydrogens is 332 g/mol. The summed E-state index contributed by atoms with van der Waals surface area (Å²) in [6.07, 6.45) is 0. The van der Waals surface area contributed by atoms with E-state index in [9.17, 15) is 9.59 Å². The SMILES string of the molecule is CNC(=O)c1ccccc1C#CCNC(=O)COc1cccc(OC)c1. The molecule has 134 valence electrons. The highest BCUT2D eigenvalue weighted by Crippen LogP contribution is 2.18. The lowest BCUT2D eigenvalue weighted by atomic mass is 10.1. The normalized spacial score (nSPS) is 9.46. The van der Waals surface area contributed by atoms with Crippen LogP contribution in [0, 0.1) is 11.8 Å². The van der Waals surface area contributed by atoms with Gasteiger partial charge in [-0.3, -0.25) is 9.59 Å². The molecule has 0 aromatic heterocycles. The molecule has 0 bridgehead atoms. The quantitative estimate of drug-likeness (QED) is 0.775. The molecule has 0 aliphatic rings. The zero-order chi connectivity index (χ0) is 18.8. The molecule has 2 aromatic rings. The molecule has 0 fully saturated rings. The van der Waals surface area contributed by atoms with Gasteiger partial charge >= 0.3 is 0 Å². The molecule has 0 aliphatic heterocycles. The lowest BCUT2D eigenvalue weighted by Gasteiger charge is -2.07. The van der Waals surface area contributed by atoms with E-state index < -0.39 is 0 Å². The van der Waals surface area contributed by atoms with Gasteiger partial charge in [0, 0.05) is 18.7 Å². The van der Waals surface area contributed by atoms with Gasteiger partial charge in [-0.1, -0.05) is 30.0 Å². The van der Waals surface area contributed by atoms with E-state index in [1.54, 1.807) is 62.7 Å². The van der Waals surface area contributed by atoms with Crippen LogP contribution in [-0.4, -0.2) is 39.1 Å². The van der Waals surface area contributed by atoms with Gasteiger partial charge in [-0.2, -0.15) is 0 Å². The monoisotopic (exact) mass is 352 g/mol. The highest BCUT2D eigenvalue weighted by atomic mass is 16.5. The van der Waals surface area contributed by atoms with E-state index in [-0.39, 0.29) is 25.0 Å². The molecular formula is C20H20N2O4. The Balaban J connectivity index is 1.84. The summed E-state index contributed by atoms with van der Waals surface area (Å²) in [7, 11) is 3.13. The van der Waals surface area contributed by atoms with Crippen LogP contribution in [0.15, 0.2) is 48.5 Å². The molecule has 6 nitrogen and oxygen atoms in total. The number of ether oxygens (including phenoxy) is 2. The van der Waals surface area contributed by atoms with Crippen molar-refractivity contribution >= 4 is 11.8 Å². The second-order valence-corrected chi connectivity index (χ2v) is 5.17. The van der Waals surface area contributed by atoms with Crippen LogP contribution in [0.1, 0.15) is 15.9 Å². The minimum Gasteiger partial charge on any atom is -0.497 e. The molecule has 2 rings (SSSR count). The maximum absolute atomic E-state index is 11.8. The Hall–Kier alpha value is -3.46. The lowest BCUT2D eigenvalue weighted by molar-refractivity contribution is -0.122. The Kier molecular flexibility index (Phi) is 7.07. The third kappa shape index (κ3) is 5.56. The number of nitrogens with one attached hydrogen (secondary N) is 2. The molecule has 0 unspecified atom stereocenters. The van der Waals surface area contributed by atoms with Gasteiger partial charge in [0.05, 0.1) is 19.2 Å². The van der Waals surface area contributed by atoms with Crippen LogP contribution in [0.2, 0.25) is 0 Å². The molecule has 0 spiro atoms. The largest absolute Gasteiger partial charge is 0.497 e. The molecule has 2 amide bonds. The molecule has 6 heteroatoms. The summed E-state index contributed by atoms with van der Waals surface area (Å²) in [5.41, 5.74) is 1.10. The standard InChI is InChI=1S/C20H20N2O4/c1-21-20(24)18-11-4-3-7-15(18)8-6-12-22-19(23)14-26-17-10-5-9-16(13-17)25-2/h3-5,7,9-11,13H,12,14H2,1-2H3,(H,21,24)(H,22,23). The van der Waals surface area contributed by atoms with Gasteiger partial charge in [-0.25, -0.2) is 0 Å². The van der Waals surface area contributed by atoms with Crippen LogP contribution in [0.25, 0.3) is 0 Å². The van der Waals surface area contributed by atoms with E-state index in [0.717, 1.165) is 0 Å². The topological polar surface area (TPSA) is 76.7 Å². The van der Waals surface area contributed by atoms with Gasteiger partial charge in [0.25, 0.3) is 11.8 Å². The highest BCUT2D eigenvalue weighted by Gasteiger charge is 2.06.